The van der Waals surface area contributed by atoms with Gasteiger partial charge in [-0.25, -0.2) is 0 Å². The van der Waals surface area contributed by atoms with E-state index in [0.29, 0.717) is 6.42 Å². The van der Waals surface area contributed by atoms with Crippen LogP contribution >= 0.6 is 11.8 Å². The molecule has 0 aromatic rings. The van der Waals surface area contributed by atoms with Gasteiger partial charge in [-0.1, -0.05) is 17.8 Å². The third-order valence-electron chi connectivity index (χ3n) is 1.54. The maximum absolute atomic E-state index is 10.6. The molecule has 78 valence electrons. The van der Waals surface area contributed by atoms with Gasteiger partial charge < -0.3 is 9.47 Å². The molecule has 0 amide bonds. The minimum Gasteiger partial charge on any atom is -0.460 e. The molecule has 0 bridgehead atoms. The summed E-state index contributed by atoms with van der Waals surface area (Å²) in [7, 11) is 0. The van der Waals surface area contributed by atoms with Gasteiger partial charge in [-0.15, -0.1) is 0 Å². The molecule has 0 spiro atoms. The molecular weight excluding hydrogens is 204 g/mol. The Morgan fingerprint density at radius 3 is 2.79 bits per heavy atom. The van der Waals surface area contributed by atoms with Crippen molar-refractivity contribution in [3.63, 3.8) is 0 Å². The largest absolute Gasteiger partial charge is 0.460 e. The van der Waals surface area contributed by atoms with Gasteiger partial charge in [-0.3, -0.25) is 9.59 Å². The maximum atomic E-state index is 10.6. The van der Waals surface area contributed by atoms with Crippen LogP contribution in [0.4, 0.5) is 0 Å². The van der Waals surface area contributed by atoms with Gasteiger partial charge >= 0.3 is 11.9 Å². The van der Waals surface area contributed by atoms with Crippen molar-refractivity contribution in [1.82, 2.24) is 0 Å². The summed E-state index contributed by atoms with van der Waals surface area (Å²) in [6, 6.07) is 0. The number of thioether (sulfide) groups is 1. The fourth-order valence-electron chi connectivity index (χ4n) is 1.02. The van der Waals surface area contributed by atoms with Crippen molar-refractivity contribution in [3.05, 3.63) is 11.0 Å². The van der Waals surface area contributed by atoms with Crippen LogP contribution in [-0.4, -0.2) is 24.0 Å². The third kappa shape index (κ3) is 3.83. The summed E-state index contributed by atoms with van der Waals surface area (Å²) in [6.07, 6.45) is 2.60. The first-order chi connectivity index (χ1) is 6.58. The summed E-state index contributed by atoms with van der Waals surface area (Å²) < 4.78 is 9.79. The van der Waals surface area contributed by atoms with Crippen LogP contribution in [0.15, 0.2) is 11.0 Å². The maximum Gasteiger partial charge on any atom is 0.303 e. The lowest BCUT2D eigenvalue weighted by atomic mass is 10.4. The molecule has 0 radical (unpaired) electrons. The zero-order valence-electron chi connectivity index (χ0n) is 8.11. The molecule has 0 aliphatic carbocycles. The molecule has 1 aliphatic heterocycles. The van der Waals surface area contributed by atoms with Crippen LogP contribution in [0.5, 0.6) is 0 Å². The summed E-state index contributed by atoms with van der Waals surface area (Å²) in [6.45, 7) is 3.02. The van der Waals surface area contributed by atoms with Gasteiger partial charge in [0.15, 0.2) is 5.44 Å². The Kier molecular flexibility index (Phi) is 4.00. The predicted molar refractivity (Wildman–Crippen MR) is 52.5 cm³/mol. The molecule has 5 heteroatoms. The molecule has 1 atom stereocenters. The first kappa shape index (κ1) is 11.1. The SMILES string of the molecule is CC(=O)OCC1=CCC(OC(C)=O)S1. The average Bonchev–Trinajstić information content (AvgIpc) is 2.47. The number of rotatable bonds is 3. The van der Waals surface area contributed by atoms with E-state index < -0.39 is 0 Å². The minimum absolute atomic E-state index is 0.155. The molecule has 1 heterocycles. The first-order valence-corrected chi connectivity index (χ1v) is 5.12. The van der Waals surface area contributed by atoms with E-state index in [4.69, 9.17) is 9.47 Å². The lowest BCUT2D eigenvalue weighted by molar-refractivity contribution is -0.142. The van der Waals surface area contributed by atoms with Crippen LogP contribution in [0.2, 0.25) is 0 Å². The van der Waals surface area contributed by atoms with Crippen LogP contribution in [0.3, 0.4) is 0 Å². The molecule has 0 aromatic heterocycles. The van der Waals surface area contributed by atoms with Crippen LogP contribution in [0, 0.1) is 0 Å². The normalized spacial score (nSPS) is 20.1. The molecule has 0 saturated heterocycles. The Hall–Kier alpha value is -0.970. The van der Waals surface area contributed by atoms with Crippen molar-refractivity contribution < 1.29 is 19.1 Å². The van der Waals surface area contributed by atoms with Gasteiger partial charge in [-0.05, 0) is 0 Å². The van der Waals surface area contributed by atoms with E-state index in [2.05, 4.69) is 0 Å². The highest BCUT2D eigenvalue weighted by molar-refractivity contribution is 8.03. The number of hydrogen-bond acceptors (Lipinski definition) is 5. The van der Waals surface area contributed by atoms with Gasteiger partial charge in [0.1, 0.15) is 6.61 Å². The van der Waals surface area contributed by atoms with Crippen molar-refractivity contribution >= 4 is 23.7 Å². The second-order valence-electron chi connectivity index (χ2n) is 2.84. The van der Waals surface area contributed by atoms with Crippen LogP contribution in [-0.2, 0) is 19.1 Å². The van der Waals surface area contributed by atoms with Gasteiger partial charge in [0.25, 0.3) is 0 Å². The van der Waals surface area contributed by atoms with Gasteiger partial charge in [-0.2, -0.15) is 0 Å². The van der Waals surface area contributed by atoms with Gasteiger partial charge in [0.2, 0.25) is 0 Å². The average molecular weight is 216 g/mol. The van der Waals surface area contributed by atoms with E-state index in [-0.39, 0.29) is 24.0 Å². The predicted octanol–water partition coefficient (Wildman–Crippen LogP) is 1.46. The third-order valence-corrected chi connectivity index (χ3v) is 2.67. The van der Waals surface area contributed by atoms with Crippen molar-refractivity contribution in [2.75, 3.05) is 6.61 Å². The number of esters is 2. The molecule has 4 nitrogen and oxygen atoms in total. The molecule has 1 aliphatic rings. The molecule has 0 fully saturated rings. The molecular formula is C9H12O4S. The lowest BCUT2D eigenvalue weighted by Gasteiger charge is -2.09. The van der Waals surface area contributed by atoms with E-state index >= 15 is 0 Å². The van der Waals surface area contributed by atoms with Crippen LogP contribution < -0.4 is 0 Å². The molecule has 0 aromatic carbocycles. The summed E-state index contributed by atoms with van der Waals surface area (Å²) in [4.78, 5) is 22.1. The zero-order chi connectivity index (χ0) is 10.6. The first-order valence-electron chi connectivity index (χ1n) is 4.24. The van der Waals surface area contributed by atoms with Crippen LogP contribution in [0.25, 0.3) is 0 Å². The fourth-order valence-corrected chi connectivity index (χ4v) is 2.05. The smallest absolute Gasteiger partial charge is 0.303 e. The van der Waals surface area contributed by atoms with E-state index in [1.807, 2.05) is 6.08 Å². The highest BCUT2D eigenvalue weighted by atomic mass is 32.2. The zero-order valence-corrected chi connectivity index (χ0v) is 8.93. The number of hydrogen-bond donors (Lipinski definition) is 0. The Morgan fingerprint density at radius 1 is 1.50 bits per heavy atom. The topological polar surface area (TPSA) is 52.6 Å². The highest BCUT2D eigenvalue weighted by Gasteiger charge is 2.20. The van der Waals surface area contributed by atoms with Crippen molar-refractivity contribution in [2.24, 2.45) is 0 Å². The second kappa shape index (κ2) is 5.05. The number of ether oxygens (including phenoxy) is 2. The lowest BCUT2D eigenvalue weighted by Crippen LogP contribution is -2.09. The van der Waals surface area contributed by atoms with E-state index in [1.54, 1.807) is 0 Å². The molecule has 1 unspecified atom stereocenters. The summed E-state index contributed by atoms with van der Waals surface area (Å²) in [5, 5.41) is 0. The summed E-state index contributed by atoms with van der Waals surface area (Å²) in [5.41, 5.74) is -0.155. The monoisotopic (exact) mass is 216 g/mol. The van der Waals surface area contributed by atoms with Crippen LogP contribution in [0.1, 0.15) is 20.3 Å². The van der Waals surface area contributed by atoms with Gasteiger partial charge in [0.05, 0.1) is 0 Å². The molecule has 1 rings (SSSR count). The number of carbonyl (C=O) groups is 2. The number of carbonyl (C=O) groups excluding carboxylic acids is 2. The fraction of sp³-hybridized carbons (Fsp3) is 0.556. The van der Waals surface area contributed by atoms with E-state index in [1.165, 1.54) is 25.6 Å². The van der Waals surface area contributed by atoms with E-state index in [0.717, 1.165) is 4.91 Å². The van der Waals surface area contributed by atoms with E-state index in [9.17, 15) is 9.59 Å². The Bertz CT molecular complexity index is 272. The Balaban J connectivity index is 2.25. The van der Waals surface area contributed by atoms with Crippen molar-refractivity contribution in [2.45, 2.75) is 25.7 Å². The molecule has 14 heavy (non-hydrogen) atoms. The second-order valence-corrected chi connectivity index (χ2v) is 4.13. The highest BCUT2D eigenvalue weighted by Crippen LogP contribution is 2.32. The minimum atomic E-state index is -0.303. The Labute approximate surface area is 86.6 Å². The Morgan fingerprint density at radius 2 is 2.21 bits per heavy atom. The molecule has 0 N–H and O–H groups in total. The summed E-state index contributed by atoms with van der Waals surface area (Å²) in [5.74, 6) is -0.591. The van der Waals surface area contributed by atoms with Crippen molar-refractivity contribution in [1.29, 1.82) is 0 Å². The molecule has 0 saturated carbocycles. The summed E-state index contributed by atoms with van der Waals surface area (Å²) >= 11 is 1.42. The standard InChI is InChI=1S/C9H12O4S/c1-6(10)12-5-8-3-4-9(14-8)13-7(2)11/h3,9H,4-5H2,1-2H3. The van der Waals surface area contributed by atoms with Gasteiger partial charge in [0, 0.05) is 25.2 Å². The quantitative estimate of drug-likeness (QED) is 0.668. The van der Waals surface area contributed by atoms with Crippen molar-refractivity contribution in [3.8, 4) is 0 Å².